The number of benzene rings is 1. The van der Waals surface area contributed by atoms with Gasteiger partial charge in [-0.2, -0.15) is 0 Å². The van der Waals surface area contributed by atoms with E-state index in [0.717, 1.165) is 19.3 Å². The number of rotatable bonds is 10. The maximum atomic E-state index is 12.0. The second kappa shape index (κ2) is 10.5. The van der Waals surface area contributed by atoms with Gasteiger partial charge < -0.3 is 19.7 Å². The van der Waals surface area contributed by atoms with Crippen LogP contribution >= 0.6 is 0 Å². The van der Waals surface area contributed by atoms with Gasteiger partial charge in [0.25, 0.3) is 0 Å². The molecule has 0 heterocycles. The number of hydrogen-bond donors (Lipinski definition) is 1. The van der Waals surface area contributed by atoms with E-state index in [9.17, 15) is 9.59 Å². The number of nitrogens with one attached hydrogen (secondary N) is 1. The lowest BCUT2D eigenvalue weighted by molar-refractivity contribution is -0.121. The first-order valence-electron chi connectivity index (χ1n) is 8.30. The van der Waals surface area contributed by atoms with Gasteiger partial charge in [-0.3, -0.25) is 9.59 Å². The zero-order valence-corrected chi connectivity index (χ0v) is 15.1. The number of unbranched alkanes of at least 4 members (excludes halogenated alkanes) is 2. The minimum Gasteiger partial charge on any atom is -0.497 e. The van der Waals surface area contributed by atoms with Crippen molar-refractivity contribution in [2.45, 2.75) is 39.5 Å². The number of amides is 2. The quantitative estimate of drug-likeness (QED) is 0.667. The molecule has 0 saturated carbocycles. The average Bonchev–Trinajstić information content (AvgIpc) is 2.58. The molecule has 0 unspecified atom stereocenters. The Morgan fingerprint density at radius 2 is 1.92 bits per heavy atom. The topological polar surface area (TPSA) is 67.9 Å². The molecular weight excluding hydrogens is 308 g/mol. The maximum Gasteiger partial charge on any atom is 0.223 e. The Balaban J connectivity index is 2.71. The van der Waals surface area contributed by atoms with Crippen molar-refractivity contribution < 1.29 is 19.1 Å². The number of carbonyl (C=O) groups is 2. The molecule has 0 atom stereocenters. The summed E-state index contributed by atoms with van der Waals surface area (Å²) in [6, 6.07) is 5.24. The molecule has 0 fully saturated rings. The molecule has 1 rings (SSSR count). The molecule has 1 N–H and O–H groups in total. The highest BCUT2D eigenvalue weighted by atomic mass is 16.5. The second-order valence-corrected chi connectivity index (χ2v) is 5.52. The standard InChI is InChI=1S/C18H28N2O4/c1-5-6-7-11-19-18(22)10-12-20(14(2)21)16-9-8-15(23-3)13-17(16)24-4/h8-9,13H,5-7,10-12H2,1-4H3,(H,19,22). The zero-order chi connectivity index (χ0) is 17.9. The number of methoxy groups -OCH3 is 2. The number of ether oxygens (including phenoxy) is 2. The van der Waals surface area contributed by atoms with Crippen LogP contribution in [0, 0.1) is 0 Å². The summed E-state index contributed by atoms with van der Waals surface area (Å²) in [5.74, 6) is 0.989. The fraction of sp³-hybridized carbons (Fsp3) is 0.556. The SMILES string of the molecule is CCCCCNC(=O)CCN(C(C)=O)c1ccc(OC)cc1OC. The highest BCUT2D eigenvalue weighted by molar-refractivity contribution is 5.94. The smallest absolute Gasteiger partial charge is 0.223 e. The van der Waals surface area contributed by atoms with E-state index in [1.54, 1.807) is 30.2 Å². The van der Waals surface area contributed by atoms with Crippen molar-refractivity contribution in [2.75, 3.05) is 32.2 Å². The molecular formula is C18H28N2O4. The summed E-state index contributed by atoms with van der Waals surface area (Å²) in [7, 11) is 3.11. The minimum atomic E-state index is -0.141. The summed E-state index contributed by atoms with van der Waals surface area (Å²) in [4.78, 5) is 25.5. The Labute approximate surface area is 144 Å². The van der Waals surface area contributed by atoms with Crippen LogP contribution in [0.25, 0.3) is 0 Å². The molecule has 6 nitrogen and oxygen atoms in total. The highest BCUT2D eigenvalue weighted by Crippen LogP contribution is 2.32. The monoisotopic (exact) mass is 336 g/mol. The molecule has 134 valence electrons. The van der Waals surface area contributed by atoms with Gasteiger partial charge in [-0.1, -0.05) is 19.8 Å². The molecule has 0 aliphatic carbocycles. The molecule has 0 saturated heterocycles. The predicted octanol–water partition coefficient (Wildman–Crippen LogP) is 2.75. The summed E-state index contributed by atoms with van der Waals surface area (Å²) in [5.41, 5.74) is 0.629. The molecule has 0 bridgehead atoms. The van der Waals surface area contributed by atoms with E-state index in [4.69, 9.17) is 9.47 Å². The Kier molecular flexibility index (Phi) is 8.68. The molecule has 0 radical (unpaired) electrons. The van der Waals surface area contributed by atoms with Gasteiger partial charge >= 0.3 is 0 Å². The molecule has 0 spiro atoms. The molecule has 2 amide bonds. The number of nitrogens with zero attached hydrogens (tertiary/aromatic N) is 1. The third-order valence-corrected chi connectivity index (χ3v) is 3.72. The molecule has 24 heavy (non-hydrogen) atoms. The molecule has 1 aromatic carbocycles. The van der Waals surface area contributed by atoms with Gasteiger partial charge in [0.05, 0.1) is 19.9 Å². The van der Waals surface area contributed by atoms with Crippen LogP contribution in [0.15, 0.2) is 18.2 Å². The Hall–Kier alpha value is -2.24. The van der Waals surface area contributed by atoms with Gasteiger partial charge in [-0.25, -0.2) is 0 Å². The van der Waals surface area contributed by atoms with Crippen molar-refractivity contribution in [2.24, 2.45) is 0 Å². The van der Waals surface area contributed by atoms with Crippen molar-refractivity contribution in [3.63, 3.8) is 0 Å². The third kappa shape index (κ3) is 6.10. The fourth-order valence-electron chi connectivity index (χ4n) is 2.36. The van der Waals surface area contributed by atoms with E-state index in [2.05, 4.69) is 12.2 Å². The summed E-state index contributed by atoms with van der Waals surface area (Å²) >= 11 is 0. The molecule has 1 aromatic rings. The van der Waals surface area contributed by atoms with Crippen LogP contribution in [0.2, 0.25) is 0 Å². The lowest BCUT2D eigenvalue weighted by Gasteiger charge is -2.23. The molecule has 0 aliphatic heterocycles. The van der Waals surface area contributed by atoms with Gasteiger partial charge in [0, 0.05) is 32.5 Å². The van der Waals surface area contributed by atoms with E-state index in [-0.39, 0.29) is 18.2 Å². The van der Waals surface area contributed by atoms with E-state index in [0.29, 0.717) is 30.3 Å². The maximum absolute atomic E-state index is 12.0. The van der Waals surface area contributed by atoms with Crippen LogP contribution in [0.5, 0.6) is 11.5 Å². The second-order valence-electron chi connectivity index (χ2n) is 5.52. The van der Waals surface area contributed by atoms with Crippen LogP contribution < -0.4 is 19.7 Å². The van der Waals surface area contributed by atoms with Crippen molar-refractivity contribution >= 4 is 17.5 Å². The largest absolute Gasteiger partial charge is 0.497 e. The van der Waals surface area contributed by atoms with E-state index < -0.39 is 0 Å². The van der Waals surface area contributed by atoms with E-state index in [1.807, 2.05) is 0 Å². The zero-order valence-electron chi connectivity index (χ0n) is 15.1. The van der Waals surface area contributed by atoms with Gasteiger partial charge in [0.2, 0.25) is 11.8 Å². The first-order chi connectivity index (χ1) is 11.5. The lowest BCUT2D eigenvalue weighted by Crippen LogP contribution is -2.34. The number of carbonyl (C=O) groups excluding carboxylic acids is 2. The van der Waals surface area contributed by atoms with Gasteiger partial charge in [0.15, 0.2) is 0 Å². The fourth-order valence-corrected chi connectivity index (χ4v) is 2.36. The summed E-state index contributed by atoms with van der Waals surface area (Å²) in [5, 5.41) is 2.88. The van der Waals surface area contributed by atoms with Crippen LogP contribution in [0.3, 0.4) is 0 Å². The van der Waals surface area contributed by atoms with Crippen molar-refractivity contribution in [3.8, 4) is 11.5 Å². The number of anilines is 1. The molecule has 0 aromatic heterocycles. The minimum absolute atomic E-state index is 0.0511. The lowest BCUT2D eigenvalue weighted by atomic mass is 10.2. The third-order valence-electron chi connectivity index (χ3n) is 3.72. The Morgan fingerprint density at radius 3 is 2.50 bits per heavy atom. The highest BCUT2D eigenvalue weighted by Gasteiger charge is 2.18. The van der Waals surface area contributed by atoms with Gasteiger partial charge in [-0.15, -0.1) is 0 Å². The van der Waals surface area contributed by atoms with E-state index >= 15 is 0 Å². The van der Waals surface area contributed by atoms with E-state index in [1.165, 1.54) is 14.0 Å². The van der Waals surface area contributed by atoms with Crippen molar-refractivity contribution in [3.05, 3.63) is 18.2 Å². The van der Waals surface area contributed by atoms with Gasteiger partial charge in [-0.05, 0) is 18.6 Å². The summed E-state index contributed by atoms with van der Waals surface area (Å²) < 4.78 is 10.5. The van der Waals surface area contributed by atoms with Crippen LogP contribution in [-0.2, 0) is 9.59 Å². The molecule has 6 heteroatoms. The first-order valence-corrected chi connectivity index (χ1v) is 8.30. The van der Waals surface area contributed by atoms with Crippen LogP contribution in [-0.4, -0.2) is 39.1 Å². The van der Waals surface area contributed by atoms with Crippen molar-refractivity contribution in [1.82, 2.24) is 5.32 Å². The van der Waals surface area contributed by atoms with Crippen molar-refractivity contribution in [1.29, 1.82) is 0 Å². The average molecular weight is 336 g/mol. The Morgan fingerprint density at radius 1 is 1.17 bits per heavy atom. The number of hydrogen-bond acceptors (Lipinski definition) is 4. The van der Waals surface area contributed by atoms with Crippen LogP contribution in [0.1, 0.15) is 39.5 Å². The molecule has 0 aliphatic rings. The summed E-state index contributed by atoms with van der Waals surface area (Å²) in [6.45, 7) is 4.58. The normalized spacial score (nSPS) is 10.2. The van der Waals surface area contributed by atoms with Crippen LogP contribution in [0.4, 0.5) is 5.69 Å². The summed E-state index contributed by atoms with van der Waals surface area (Å²) in [6.07, 6.45) is 3.44. The first kappa shape index (κ1) is 19.8. The van der Waals surface area contributed by atoms with Gasteiger partial charge in [0.1, 0.15) is 11.5 Å². The predicted molar refractivity (Wildman–Crippen MR) is 94.7 cm³/mol. The Bertz CT molecular complexity index is 546.